The van der Waals surface area contributed by atoms with Crippen LogP contribution >= 0.6 is 0 Å². The maximum atomic E-state index is 12.2. The van der Waals surface area contributed by atoms with Crippen LogP contribution in [0.1, 0.15) is 38.7 Å². The molecule has 0 spiro atoms. The van der Waals surface area contributed by atoms with E-state index in [2.05, 4.69) is 0 Å². The highest BCUT2D eigenvalue weighted by molar-refractivity contribution is 5.97. The van der Waals surface area contributed by atoms with Gasteiger partial charge in [-0.2, -0.15) is 0 Å². The van der Waals surface area contributed by atoms with Gasteiger partial charge in [-0.1, -0.05) is 19.1 Å². The maximum Gasteiger partial charge on any atom is 0.324 e. The molecular weight excluding hydrogens is 282 g/mol. The molecule has 5 nitrogen and oxygen atoms in total. The largest absolute Gasteiger partial charge is 0.422 e. The van der Waals surface area contributed by atoms with Gasteiger partial charge in [0.2, 0.25) is 0 Å². The Balaban J connectivity index is 2.28. The van der Waals surface area contributed by atoms with Crippen LogP contribution in [-0.4, -0.2) is 31.8 Å². The first-order valence-electron chi connectivity index (χ1n) is 7.48. The van der Waals surface area contributed by atoms with E-state index in [0.29, 0.717) is 6.42 Å². The zero-order valence-corrected chi connectivity index (χ0v) is 13.8. The molecule has 0 aromatic heterocycles. The summed E-state index contributed by atoms with van der Waals surface area (Å²) in [5.74, 6) is -3.34. The molecule has 1 aliphatic rings. The van der Waals surface area contributed by atoms with E-state index in [4.69, 9.17) is 9.47 Å². The zero-order chi connectivity index (χ0) is 16.5. The Hall–Kier alpha value is -2.04. The number of carbonyl (C=O) groups excluding carboxylic acids is 2. The van der Waals surface area contributed by atoms with Gasteiger partial charge in [0.05, 0.1) is 0 Å². The Bertz CT molecular complexity index is 543. The third-order valence-electron chi connectivity index (χ3n) is 3.88. The number of nitrogens with zero attached hydrogens (tertiary/aromatic N) is 1. The van der Waals surface area contributed by atoms with Crippen LogP contribution in [0.5, 0.6) is 0 Å². The smallest absolute Gasteiger partial charge is 0.324 e. The van der Waals surface area contributed by atoms with Gasteiger partial charge in [-0.05, 0) is 24.1 Å². The van der Waals surface area contributed by atoms with Gasteiger partial charge >= 0.3 is 11.9 Å². The first-order valence-corrected chi connectivity index (χ1v) is 7.48. The highest BCUT2D eigenvalue weighted by Crippen LogP contribution is 2.35. The van der Waals surface area contributed by atoms with Gasteiger partial charge < -0.3 is 14.4 Å². The summed E-state index contributed by atoms with van der Waals surface area (Å²) in [6, 6.07) is 7.84. The van der Waals surface area contributed by atoms with Crippen molar-refractivity contribution in [3.8, 4) is 0 Å². The lowest BCUT2D eigenvalue weighted by atomic mass is 9.83. The summed E-state index contributed by atoms with van der Waals surface area (Å²) < 4.78 is 10.5. The van der Waals surface area contributed by atoms with Crippen LogP contribution in [0, 0.1) is 5.92 Å². The molecule has 0 saturated carbocycles. The number of carbonyl (C=O) groups is 2. The Kier molecular flexibility index (Phi) is 4.44. The average Bonchev–Trinajstić information content (AvgIpc) is 2.41. The quantitative estimate of drug-likeness (QED) is 0.632. The predicted octanol–water partition coefficient (Wildman–Crippen LogP) is 2.70. The average molecular weight is 305 g/mol. The highest BCUT2D eigenvalue weighted by Gasteiger charge is 2.46. The maximum absolute atomic E-state index is 12.2. The normalized spacial score (nSPS) is 19.3. The van der Waals surface area contributed by atoms with Gasteiger partial charge in [0.1, 0.15) is 0 Å². The zero-order valence-electron chi connectivity index (χ0n) is 13.8. The monoisotopic (exact) mass is 305 g/mol. The minimum Gasteiger partial charge on any atom is -0.422 e. The summed E-state index contributed by atoms with van der Waals surface area (Å²) in [6.45, 7) is 5.07. The van der Waals surface area contributed by atoms with Crippen molar-refractivity contribution in [3.05, 3.63) is 29.8 Å². The molecule has 1 aromatic carbocycles. The summed E-state index contributed by atoms with van der Waals surface area (Å²) in [7, 11) is 3.93. The van der Waals surface area contributed by atoms with Gasteiger partial charge in [0, 0.05) is 39.5 Å². The van der Waals surface area contributed by atoms with E-state index < -0.39 is 23.6 Å². The van der Waals surface area contributed by atoms with Gasteiger partial charge in [-0.25, -0.2) is 0 Å². The van der Waals surface area contributed by atoms with Crippen LogP contribution in [0.4, 0.5) is 5.69 Å². The fraction of sp³-hybridized carbons (Fsp3) is 0.529. The molecule has 1 aliphatic heterocycles. The first kappa shape index (κ1) is 16.3. The van der Waals surface area contributed by atoms with Crippen molar-refractivity contribution < 1.29 is 19.1 Å². The molecule has 1 aromatic rings. The van der Waals surface area contributed by atoms with Crippen LogP contribution in [0.15, 0.2) is 24.3 Å². The van der Waals surface area contributed by atoms with Gasteiger partial charge in [-0.3, -0.25) is 9.59 Å². The van der Waals surface area contributed by atoms with Gasteiger partial charge in [0.15, 0.2) is 5.92 Å². The number of benzene rings is 1. The third-order valence-corrected chi connectivity index (χ3v) is 3.88. The highest BCUT2D eigenvalue weighted by atomic mass is 16.7. The lowest BCUT2D eigenvalue weighted by Gasteiger charge is -2.35. The van der Waals surface area contributed by atoms with E-state index in [-0.39, 0.29) is 5.92 Å². The first-order chi connectivity index (χ1) is 10.2. The van der Waals surface area contributed by atoms with E-state index in [9.17, 15) is 9.59 Å². The Morgan fingerprint density at radius 2 is 1.59 bits per heavy atom. The van der Waals surface area contributed by atoms with Crippen LogP contribution in [-0.2, 0) is 19.1 Å². The van der Waals surface area contributed by atoms with Crippen molar-refractivity contribution in [2.45, 2.75) is 38.9 Å². The summed E-state index contributed by atoms with van der Waals surface area (Å²) >= 11 is 0. The minimum absolute atomic E-state index is 0.243. The molecule has 0 aliphatic carbocycles. The second-order valence-electron chi connectivity index (χ2n) is 6.22. The van der Waals surface area contributed by atoms with Crippen LogP contribution in [0.25, 0.3) is 0 Å². The number of rotatable bonds is 4. The van der Waals surface area contributed by atoms with Gasteiger partial charge in [-0.15, -0.1) is 0 Å². The van der Waals surface area contributed by atoms with E-state index in [1.54, 1.807) is 13.8 Å². The molecule has 0 radical (unpaired) electrons. The number of hydrogen-bond donors (Lipinski definition) is 0. The van der Waals surface area contributed by atoms with E-state index in [1.165, 1.54) is 0 Å². The summed E-state index contributed by atoms with van der Waals surface area (Å²) in [5, 5.41) is 0. The molecule has 0 amide bonds. The molecule has 22 heavy (non-hydrogen) atoms. The second kappa shape index (κ2) is 5.99. The van der Waals surface area contributed by atoms with Crippen molar-refractivity contribution >= 4 is 17.6 Å². The molecule has 1 atom stereocenters. The van der Waals surface area contributed by atoms with Crippen LogP contribution in [0.2, 0.25) is 0 Å². The topological polar surface area (TPSA) is 55.8 Å². The van der Waals surface area contributed by atoms with E-state index in [0.717, 1.165) is 11.3 Å². The molecule has 1 heterocycles. The molecule has 2 rings (SSSR count). The SMILES string of the molecule is CCC(c1ccc(N(C)C)cc1)C1C(=O)OC(C)(C)OC1=O. The minimum atomic E-state index is -1.18. The van der Waals surface area contributed by atoms with Crippen molar-refractivity contribution in [2.24, 2.45) is 5.92 Å². The van der Waals surface area contributed by atoms with Gasteiger partial charge in [0.25, 0.3) is 5.79 Å². The fourth-order valence-corrected chi connectivity index (χ4v) is 2.74. The number of hydrogen-bond acceptors (Lipinski definition) is 5. The predicted molar refractivity (Wildman–Crippen MR) is 83.6 cm³/mol. The molecule has 1 fully saturated rings. The molecule has 120 valence electrons. The molecule has 0 N–H and O–H groups in total. The summed E-state index contributed by atoms with van der Waals surface area (Å²) in [6.07, 6.45) is 0.649. The fourth-order valence-electron chi connectivity index (χ4n) is 2.74. The third kappa shape index (κ3) is 3.24. The van der Waals surface area contributed by atoms with Crippen molar-refractivity contribution in [2.75, 3.05) is 19.0 Å². The number of ether oxygens (including phenoxy) is 2. The number of cyclic esters (lactones) is 2. The van der Waals surface area contributed by atoms with E-state index in [1.807, 2.05) is 50.2 Å². The van der Waals surface area contributed by atoms with E-state index >= 15 is 0 Å². The summed E-state index contributed by atoms with van der Waals surface area (Å²) in [5.41, 5.74) is 2.00. The molecule has 0 bridgehead atoms. The van der Waals surface area contributed by atoms with Crippen molar-refractivity contribution in [1.82, 2.24) is 0 Å². The molecule has 5 heteroatoms. The lowest BCUT2D eigenvalue weighted by molar-refractivity contribution is -0.241. The standard InChI is InChI=1S/C17H23NO4/c1-6-13(11-7-9-12(10-8-11)18(4)5)14-15(19)21-17(2,3)22-16(14)20/h7-10,13-14H,6H2,1-5H3. The Labute approximate surface area is 131 Å². The Morgan fingerprint density at radius 1 is 1.09 bits per heavy atom. The van der Waals surface area contributed by atoms with Crippen LogP contribution < -0.4 is 4.90 Å². The second-order valence-corrected chi connectivity index (χ2v) is 6.22. The van der Waals surface area contributed by atoms with Crippen molar-refractivity contribution in [3.63, 3.8) is 0 Å². The molecule has 1 saturated heterocycles. The number of anilines is 1. The Morgan fingerprint density at radius 3 is 2.00 bits per heavy atom. The molecule has 1 unspecified atom stereocenters. The lowest BCUT2D eigenvalue weighted by Crippen LogP contribution is -2.48. The van der Waals surface area contributed by atoms with Crippen molar-refractivity contribution in [1.29, 1.82) is 0 Å². The summed E-state index contributed by atoms with van der Waals surface area (Å²) in [4.78, 5) is 26.5. The molecular formula is C17H23NO4. The number of esters is 2. The van der Waals surface area contributed by atoms with Crippen LogP contribution in [0.3, 0.4) is 0 Å².